The quantitative estimate of drug-likeness (QED) is 0.173. The van der Waals surface area contributed by atoms with Crippen molar-refractivity contribution < 1.29 is 97.2 Å². The summed E-state index contributed by atoms with van der Waals surface area (Å²) >= 11 is 0. The van der Waals surface area contributed by atoms with Crippen LogP contribution in [0.5, 0.6) is 5.88 Å². The predicted molar refractivity (Wildman–Crippen MR) is 101 cm³/mol. The average Bonchev–Trinajstić information content (AvgIpc) is 3.11. The number of hydrogen-bond donors (Lipinski definition) is 1. The maximum Gasteiger partial charge on any atom is 0.455 e. The van der Waals surface area contributed by atoms with E-state index in [1.54, 1.807) is 0 Å². The molecule has 21 heteroatoms. The molecular formula is C21H6F16MnN2O2. The van der Waals surface area contributed by atoms with E-state index < -0.39 is 116 Å². The molecule has 231 valence electrons. The van der Waals surface area contributed by atoms with E-state index in [-0.39, 0.29) is 29.2 Å². The predicted octanol–water partition coefficient (Wildman–Crippen LogP) is 8.20. The first-order valence-electron chi connectivity index (χ1n) is 9.96. The Morgan fingerprint density at radius 2 is 1.07 bits per heavy atom. The summed E-state index contributed by atoms with van der Waals surface area (Å²) in [6.07, 6.45) is -29.1. The van der Waals surface area contributed by atoms with Crippen LogP contribution < -0.4 is 0 Å². The summed E-state index contributed by atoms with van der Waals surface area (Å²) in [5.41, 5.74) is -17.3. The third-order valence-electron chi connectivity index (χ3n) is 5.12. The molecule has 0 aliphatic heterocycles. The minimum absolute atomic E-state index is 0. The average molecular weight is 677 g/mol. The number of nitrogens with zero attached hydrogens (tertiary/aromatic N) is 2. The van der Waals surface area contributed by atoms with Gasteiger partial charge in [0.2, 0.25) is 5.88 Å². The van der Waals surface area contributed by atoms with E-state index in [9.17, 15) is 80.1 Å². The van der Waals surface area contributed by atoms with E-state index in [0.717, 1.165) is 0 Å². The molecule has 3 rings (SSSR count). The van der Waals surface area contributed by atoms with Crippen molar-refractivity contribution >= 4 is 5.78 Å². The van der Waals surface area contributed by atoms with Crippen LogP contribution in [0, 0.1) is 5.82 Å². The van der Waals surface area contributed by atoms with E-state index in [0.29, 0.717) is 0 Å². The van der Waals surface area contributed by atoms with Crippen LogP contribution in [0.15, 0.2) is 30.3 Å². The fourth-order valence-electron chi connectivity index (χ4n) is 3.38. The minimum Gasteiger partial charge on any atom is -0.493 e. The van der Waals surface area contributed by atoms with Crippen LogP contribution in [0.2, 0.25) is 0 Å². The van der Waals surface area contributed by atoms with Gasteiger partial charge in [-0.3, -0.25) is 4.79 Å². The summed E-state index contributed by atoms with van der Waals surface area (Å²) in [5, 5.41) is 13.2. The van der Waals surface area contributed by atoms with Gasteiger partial charge in [0.25, 0.3) is 5.78 Å². The Balaban J connectivity index is 0.00000616. The van der Waals surface area contributed by atoms with Crippen LogP contribution in [-0.4, -0.2) is 26.8 Å². The molecule has 0 spiro atoms. The van der Waals surface area contributed by atoms with Gasteiger partial charge in [-0.15, -0.1) is 0 Å². The molecule has 0 amide bonds. The molecule has 0 aliphatic carbocycles. The zero-order valence-electron chi connectivity index (χ0n) is 19.1. The number of alkyl halides is 15. The number of Topliss-reactive ketones (excluding diaryl/α,β-unsaturated/α-hetero) is 1. The number of carbonyl (C=O) groups is 1. The summed E-state index contributed by atoms with van der Waals surface area (Å²) in [7, 11) is 0. The second kappa shape index (κ2) is 10.7. The molecule has 3 aromatic rings. The van der Waals surface area contributed by atoms with Crippen molar-refractivity contribution in [3.8, 4) is 22.8 Å². The van der Waals surface area contributed by atoms with Gasteiger partial charge in [0, 0.05) is 22.6 Å². The Labute approximate surface area is 231 Å². The molecule has 1 heterocycles. The second-order valence-electron chi connectivity index (χ2n) is 7.93. The minimum atomic E-state index is -6.08. The van der Waals surface area contributed by atoms with E-state index in [1.165, 1.54) is 0 Å². The maximum absolute atomic E-state index is 14.1. The van der Waals surface area contributed by atoms with Crippen LogP contribution in [-0.2, 0) is 41.8 Å². The normalized spacial score (nSPS) is 13.2. The van der Waals surface area contributed by atoms with Crippen molar-refractivity contribution in [2.75, 3.05) is 0 Å². The summed E-state index contributed by atoms with van der Waals surface area (Å²) in [5.74, 6) is -8.42. The summed E-state index contributed by atoms with van der Waals surface area (Å²) in [6, 6.07) is -2.06. The van der Waals surface area contributed by atoms with Gasteiger partial charge >= 0.3 is 30.9 Å². The third kappa shape index (κ3) is 6.77. The van der Waals surface area contributed by atoms with E-state index in [4.69, 9.17) is 0 Å². The second-order valence-corrected chi connectivity index (χ2v) is 7.93. The molecule has 1 aromatic heterocycles. The summed E-state index contributed by atoms with van der Waals surface area (Å²) in [4.78, 5) is 12.0. The molecule has 0 atom stereocenters. The number of halogens is 16. The van der Waals surface area contributed by atoms with Gasteiger partial charge in [-0.25, -0.2) is 4.39 Å². The smallest absolute Gasteiger partial charge is 0.455 e. The van der Waals surface area contributed by atoms with Crippen LogP contribution in [0.4, 0.5) is 70.2 Å². The monoisotopic (exact) mass is 677 g/mol. The first-order chi connectivity index (χ1) is 18.2. The zero-order valence-corrected chi connectivity index (χ0v) is 20.2. The Bertz CT molecular complexity index is 1440. The number of ketones is 1. The summed E-state index contributed by atoms with van der Waals surface area (Å²) < 4.78 is 212. The van der Waals surface area contributed by atoms with Gasteiger partial charge in [0.05, 0.1) is 27.9 Å². The van der Waals surface area contributed by atoms with E-state index in [1.807, 2.05) is 0 Å². The SMILES string of the molecule is O=C(c1c(-c2cc(C(F)(F)F)c(F)c(C(F)(F)F)c2)nn(-c2cc(C(F)(F)F)cc(C(F)(F)F)c2)c1O)C(F)(F)F.[Mn]. The third-order valence-corrected chi connectivity index (χ3v) is 5.12. The topological polar surface area (TPSA) is 55.1 Å². The van der Waals surface area contributed by atoms with Crippen LogP contribution in [0.3, 0.4) is 0 Å². The number of aromatic hydroxyl groups is 1. The van der Waals surface area contributed by atoms with Gasteiger partial charge in [-0.1, -0.05) is 0 Å². The standard InChI is InChI=1S/C21H6F16N2O2.Mn/c22-13-10(19(29,30)31)1-6(2-11(13)20(32,33)34)14-12(15(40)21(35,36)37)16(41)39(38-14)9-4-7(17(23,24)25)3-8(5-9)18(26,27)28;/h1-5,41H;. The van der Waals surface area contributed by atoms with Gasteiger partial charge in [-0.2, -0.15) is 75.6 Å². The zero-order chi connectivity index (χ0) is 31.7. The number of aromatic nitrogens is 2. The van der Waals surface area contributed by atoms with Gasteiger partial charge < -0.3 is 5.11 Å². The molecule has 0 saturated heterocycles. The van der Waals surface area contributed by atoms with Gasteiger partial charge in [0.15, 0.2) is 0 Å². The Kier molecular flexibility index (Phi) is 8.81. The maximum atomic E-state index is 14.1. The van der Waals surface area contributed by atoms with Crippen molar-refractivity contribution in [3.63, 3.8) is 0 Å². The van der Waals surface area contributed by atoms with Crippen molar-refractivity contribution in [3.05, 3.63) is 64.0 Å². The molecule has 0 aliphatic rings. The number of carbonyl (C=O) groups excluding carboxylic acids is 1. The number of benzene rings is 2. The first kappa shape index (κ1) is 34.7. The fraction of sp³-hybridized carbons (Fsp3) is 0.238. The number of rotatable bonds is 3. The van der Waals surface area contributed by atoms with Gasteiger partial charge in [0.1, 0.15) is 17.1 Å². The molecular weight excluding hydrogens is 671 g/mol. The molecule has 1 radical (unpaired) electrons. The molecule has 0 fully saturated rings. The molecule has 0 unspecified atom stereocenters. The van der Waals surface area contributed by atoms with Crippen LogP contribution in [0.25, 0.3) is 16.9 Å². The van der Waals surface area contributed by atoms with Crippen LogP contribution >= 0.6 is 0 Å². The molecule has 42 heavy (non-hydrogen) atoms. The van der Waals surface area contributed by atoms with E-state index >= 15 is 0 Å². The fourth-order valence-corrected chi connectivity index (χ4v) is 3.38. The molecule has 2 aromatic carbocycles. The Morgan fingerprint density at radius 1 is 0.667 bits per heavy atom. The van der Waals surface area contributed by atoms with E-state index in [2.05, 4.69) is 5.10 Å². The first-order valence-corrected chi connectivity index (χ1v) is 9.96. The summed E-state index contributed by atoms with van der Waals surface area (Å²) in [6.45, 7) is 0. The Hall–Kier alpha value is -3.48. The van der Waals surface area contributed by atoms with Crippen molar-refractivity contribution in [1.29, 1.82) is 0 Å². The Morgan fingerprint density at radius 3 is 1.40 bits per heavy atom. The van der Waals surface area contributed by atoms with Crippen molar-refractivity contribution in [1.82, 2.24) is 9.78 Å². The van der Waals surface area contributed by atoms with Crippen LogP contribution in [0.1, 0.15) is 32.6 Å². The molecule has 0 saturated carbocycles. The van der Waals surface area contributed by atoms with Crippen molar-refractivity contribution in [2.24, 2.45) is 0 Å². The largest absolute Gasteiger partial charge is 0.493 e. The molecule has 4 nitrogen and oxygen atoms in total. The van der Waals surface area contributed by atoms with Crippen molar-refractivity contribution in [2.45, 2.75) is 30.9 Å². The molecule has 1 N–H and O–H groups in total. The molecule has 0 bridgehead atoms. The van der Waals surface area contributed by atoms with Gasteiger partial charge in [-0.05, 0) is 30.3 Å². The number of hydrogen-bond acceptors (Lipinski definition) is 3.